The van der Waals surface area contributed by atoms with Crippen molar-refractivity contribution in [1.29, 1.82) is 0 Å². The van der Waals surface area contributed by atoms with Crippen molar-refractivity contribution in [2.45, 2.75) is 70.6 Å². The number of amides is 2. The Morgan fingerprint density at radius 1 is 1.05 bits per heavy atom. The van der Waals surface area contributed by atoms with Gasteiger partial charge in [-0.15, -0.1) is 0 Å². The number of carbonyl (C=O) groups excluding carboxylic acids is 2. The van der Waals surface area contributed by atoms with Crippen LogP contribution in [0.25, 0.3) is 22.2 Å². The van der Waals surface area contributed by atoms with E-state index < -0.39 is 0 Å². The van der Waals surface area contributed by atoms with Crippen LogP contribution in [0.1, 0.15) is 86.2 Å². The molecule has 1 unspecified atom stereocenters. The number of carbonyl (C=O) groups is 2. The monoisotopic (exact) mass is 498 g/mol. The molecule has 6 rings (SSSR count). The quantitative estimate of drug-likeness (QED) is 0.489. The average molecular weight is 499 g/mol. The molecule has 2 aromatic heterocycles. The Labute approximate surface area is 219 Å². The predicted molar refractivity (Wildman–Crippen MR) is 147 cm³/mol. The minimum Gasteiger partial charge on any atom is -0.354 e. The number of likely N-dealkylation sites (tertiary alicyclic amines) is 2. The summed E-state index contributed by atoms with van der Waals surface area (Å²) in [6.07, 6.45) is 4.80. The molecule has 1 saturated carbocycles. The fourth-order valence-corrected chi connectivity index (χ4v) is 6.46. The second kappa shape index (κ2) is 9.30. The molecular weight excluding hydrogens is 460 g/mol. The molecule has 1 aromatic carbocycles. The standard InChI is InChI=1S/C31H38N4O2/c1-18(2)29-25-14-22(20-9-11-35(12-10-20)31(37)24-16-28(36)34(4)17-24)7-8-26(25)33-30(29)23-13-19(3)32-27(15-23)21-5-6-21/h7-8,13-15,18,20-21,24,33H,5-6,9-12,16-17H2,1-4H3. The summed E-state index contributed by atoms with van der Waals surface area (Å²) >= 11 is 0. The number of aryl methyl sites for hydroxylation is 1. The first-order valence-electron chi connectivity index (χ1n) is 14.0. The second-order valence-corrected chi connectivity index (χ2v) is 11.8. The van der Waals surface area contributed by atoms with Gasteiger partial charge in [-0.3, -0.25) is 14.6 Å². The average Bonchev–Trinajstić information content (AvgIpc) is 3.58. The van der Waals surface area contributed by atoms with E-state index in [0.717, 1.165) is 31.6 Å². The first kappa shape index (κ1) is 24.2. The van der Waals surface area contributed by atoms with Gasteiger partial charge in [0.05, 0.1) is 11.6 Å². The molecular formula is C31H38N4O2. The Hall–Kier alpha value is -3.15. The SMILES string of the molecule is Cc1cc(-c2[nH]c3ccc(C4CCN(C(=O)C5CC(=O)N(C)C5)CC4)cc3c2C(C)C)cc(C2CC2)n1. The van der Waals surface area contributed by atoms with Crippen LogP contribution in [0, 0.1) is 12.8 Å². The lowest BCUT2D eigenvalue weighted by atomic mass is 9.87. The number of piperidine rings is 1. The lowest BCUT2D eigenvalue weighted by molar-refractivity contribution is -0.136. The molecule has 37 heavy (non-hydrogen) atoms. The predicted octanol–water partition coefficient (Wildman–Crippen LogP) is 5.72. The van der Waals surface area contributed by atoms with E-state index in [1.54, 1.807) is 11.9 Å². The Balaban J connectivity index is 1.24. The zero-order valence-electron chi connectivity index (χ0n) is 22.5. The lowest BCUT2D eigenvalue weighted by Crippen LogP contribution is -2.42. The number of H-pyrrole nitrogens is 1. The Morgan fingerprint density at radius 2 is 1.81 bits per heavy atom. The fourth-order valence-electron chi connectivity index (χ4n) is 6.46. The summed E-state index contributed by atoms with van der Waals surface area (Å²) in [7, 11) is 1.79. The zero-order chi connectivity index (χ0) is 25.8. The summed E-state index contributed by atoms with van der Waals surface area (Å²) in [5.41, 5.74) is 8.74. The molecule has 194 valence electrons. The van der Waals surface area contributed by atoms with Gasteiger partial charge in [-0.2, -0.15) is 0 Å². The van der Waals surface area contributed by atoms with Gasteiger partial charge < -0.3 is 14.8 Å². The van der Waals surface area contributed by atoms with Crippen LogP contribution in [0.5, 0.6) is 0 Å². The van der Waals surface area contributed by atoms with Crippen molar-refractivity contribution in [3.8, 4) is 11.3 Å². The summed E-state index contributed by atoms with van der Waals surface area (Å²) in [6, 6.07) is 11.4. The number of pyridine rings is 1. The number of fused-ring (bicyclic) bond motifs is 1. The van der Waals surface area contributed by atoms with Crippen LogP contribution >= 0.6 is 0 Å². The van der Waals surface area contributed by atoms with Crippen molar-refractivity contribution >= 4 is 22.7 Å². The summed E-state index contributed by atoms with van der Waals surface area (Å²) in [4.78, 5) is 37.1. The van der Waals surface area contributed by atoms with Crippen molar-refractivity contribution in [2.24, 2.45) is 5.92 Å². The Kier molecular flexibility index (Phi) is 6.09. The van der Waals surface area contributed by atoms with Crippen LogP contribution in [0.3, 0.4) is 0 Å². The third-order valence-electron chi connectivity index (χ3n) is 8.67. The highest BCUT2D eigenvalue weighted by molar-refractivity contribution is 5.92. The van der Waals surface area contributed by atoms with Crippen molar-refractivity contribution in [3.63, 3.8) is 0 Å². The van der Waals surface area contributed by atoms with Gasteiger partial charge in [0.2, 0.25) is 11.8 Å². The van der Waals surface area contributed by atoms with Crippen LogP contribution in [0.4, 0.5) is 0 Å². The Bertz CT molecular complexity index is 1360. The molecule has 2 saturated heterocycles. The molecule has 0 bridgehead atoms. The second-order valence-electron chi connectivity index (χ2n) is 11.8. The third-order valence-corrected chi connectivity index (χ3v) is 8.67. The Morgan fingerprint density at radius 3 is 2.46 bits per heavy atom. The molecule has 6 heteroatoms. The minimum atomic E-state index is -0.172. The first-order valence-corrected chi connectivity index (χ1v) is 14.0. The molecule has 4 heterocycles. The van der Waals surface area contributed by atoms with Crippen LogP contribution < -0.4 is 0 Å². The number of nitrogens with zero attached hydrogens (tertiary/aromatic N) is 3. The maximum Gasteiger partial charge on any atom is 0.227 e. The number of benzene rings is 1. The van der Waals surface area contributed by atoms with E-state index in [9.17, 15) is 9.59 Å². The first-order chi connectivity index (χ1) is 17.8. The molecule has 1 N–H and O–H groups in total. The fraction of sp³-hybridized carbons (Fsp3) is 0.516. The molecule has 3 fully saturated rings. The number of hydrogen-bond acceptors (Lipinski definition) is 3. The number of hydrogen-bond donors (Lipinski definition) is 1. The maximum atomic E-state index is 13.0. The molecule has 3 aromatic rings. The molecule has 3 aliphatic rings. The summed E-state index contributed by atoms with van der Waals surface area (Å²) in [5.74, 6) is 1.54. The summed E-state index contributed by atoms with van der Waals surface area (Å²) < 4.78 is 0. The van der Waals surface area contributed by atoms with Crippen molar-refractivity contribution in [3.05, 3.63) is 52.8 Å². The van der Waals surface area contributed by atoms with Gasteiger partial charge in [0.1, 0.15) is 0 Å². The van der Waals surface area contributed by atoms with Gasteiger partial charge in [0, 0.05) is 66.9 Å². The van der Waals surface area contributed by atoms with Crippen LogP contribution in [-0.4, -0.2) is 58.3 Å². The van der Waals surface area contributed by atoms with E-state index in [4.69, 9.17) is 4.98 Å². The van der Waals surface area contributed by atoms with Crippen LogP contribution in [0.15, 0.2) is 30.3 Å². The number of aromatic amines is 1. The largest absolute Gasteiger partial charge is 0.354 e. The van der Waals surface area contributed by atoms with Crippen molar-refractivity contribution < 1.29 is 9.59 Å². The van der Waals surface area contributed by atoms with Crippen molar-refractivity contribution in [2.75, 3.05) is 26.7 Å². The minimum absolute atomic E-state index is 0.0825. The molecule has 1 atom stereocenters. The van der Waals surface area contributed by atoms with Crippen molar-refractivity contribution in [1.82, 2.24) is 19.8 Å². The van der Waals surface area contributed by atoms with E-state index in [0.29, 0.717) is 30.7 Å². The highest BCUT2D eigenvalue weighted by Gasteiger charge is 2.36. The topological polar surface area (TPSA) is 69.3 Å². The van der Waals surface area contributed by atoms with E-state index in [2.05, 4.69) is 56.1 Å². The van der Waals surface area contributed by atoms with Crippen LogP contribution in [-0.2, 0) is 9.59 Å². The van der Waals surface area contributed by atoms with Gasteiger partial charge >= 0.3 is 0 Å². The van der Waals surface area contributed by atoms with E-state index in [1.165, 1.54) is 51.8 Å². The number of aromatic nitrogens is 2. The smallest absolute Gasteiger partial charge is 0.227 e. The molecule has 2 aliphatic heterocycles. The molecule has 0 spiro atoms. The molecule has 0 radical (unpaired) electrons. The van der Waals surface area contributed by atoms with Crippen LogP contribution in [0.2, 0.25) is 0 Å². The zero-order valence-corrected chi connectivity index (χ0v) is 22.5. The third kappa shape index (κ3) is 4.55. The summed E-state index contributed by atoms with van der Waals surface area (Å²) in [6.45, 7) is 8.76. The molecule has 6 nitrogen and oxygen atoms in total. The highest BCUT2D eigenvalue weighted by atomic mass is 16.2. The highest BCUT2D eigenvalue weighted by Crippen LogP contribution is 2.42. The van der Waals surface area contributed by atoms with Gasteiger partial charge in [-0.1, -0.05) is 19.9 Å². The molecule has 1 aliphatic carbocycles. The maximum absolute atomic E-state index is 13.0. The van der Waals surface area contributed by atoms with Gasteiger partial charge in [0.25, 0.3) is 0 Å². The van der Waals surface area contributed by atoms with Gasteiger partial charge in [-0.05, 0) is 79.8 Å². The van der Waals surface area contributed by atoms with Gasteiger partial charge in [-0.25, -0.2) is 0 Å². The molecule has 2 amide bonds. The lowest BCUT2D eigenvalue weighted by Gasteiger charge is -2.33. The number of nitrogens with one attached hydrogen (secondary N) is 1. The normalized spacial score (nSPS) is 21.0. The van der Waals surface area contributed by atoms with E-state index >= 15 is 0 Å². The summed E-state index contributed by atoms with van der Waals surface area (Å²) in [5, 5.41) is 1.32. The van der Waals surface area contributed by atoms with E-state index in [-0.39, 0.29) is 17.7 Å². The van der Waals surface area contributed by atoms with Gasteiger partial charge in [0.15, 0.2) is 0 Å². The number of rotatable bonds is 5. The van der Waals surface area contributed by atoms with E-state index in [1.807, 2.05) is 4.90 Å².